The zero-order chi connectivity index (χ0) is 17.9. The number of hydrogen-bond donors (Lipinski definition) is 3. The average molecular weight is 530 g/mol. The van der Waals surface area contributed by atoms with Crippen molar-refractivity contribution >= 4 is 34.8 Å². The molecule has 0 saturated heterocycles. The standard InChI is InChI=1S/3C6H5ClO.Nd/c3*7-5-1-3-6(8)4-2-5;/h3*1-4,8H;. The smallest absolute Gasteiger partial charge is 0.115 e. The maximum Gasteiger partial charge on any atom is 0.115 e. The molecule has 0 radical (unpaired) electrons. The Kier molecular flexibility index (Phi) is 13.1. The molecule has 0 atom stereocenters. The van der Waals surface area contributed by atoms with Crippen molar-refractivity contribution in [2.45, 2.75) is 0 Å². The molecular formula is C18H15Cl3NdO3. The van der Waals surface area contributed by atoms with Crippen LogP contribution in [0.1, 0.15) is 0 Å². The first-order valence-corrected chi connectivity index (χ1v) is 7.84. The molecule has 0 unspecified atom stereocenters. The molecule has 3 aromatic carbocycles. The number of benzene rings is 3. The van der Waals surface area contributed by atoms with Gasteiger partial charge in [-0.1, -0.05) is 34.8 Å². The zero-order valence-corrected chi connectivity index (χ0v) is 18.4. The van der Waals surface area contributed by atoms with Gasteiger partial charge in [-0.2, -0.15) is 0 Å². The van der Waals surface area contributed by atoms with E-state index in [-0.39, 0.29) is 58.1 Å². The summed E-state index contributed by atoms with van der Waals surface area (Å²) >= 11 is 16.5. The predicted octanol–water partition coefficient (Wildman–Crippen LogP) is 6.14. The fraction of sp³-hybridized carbons (Fsp3) is 0. The second-order valence-electron chi connectivity index (χ2n) is 4.43. The van der Waals surface area contributed by atoms with Gasteiger partial charge in [0.15, 0.2) is 0 Å². The molecule has 0 heterocycles. The molecule has 0 aromatic heterocycles. The van der Waals surface area contributed by atoms with Gasteiger partial charge in [0.25, 0.3) is 0 Å². The van der Waals surface area contributed by atoms with Gasteiger partial charge in [-0.25, -0.2) is 0 Å². The van der Waals surface area contributed by atoms with Crippen LogP contribution in [0.25, 0.3) is 0 Å². The Labute approximate surface area is 194 Å². The molecule has 0 amide bonds. The monoisotopic (exact) mass is 526 g/mol. The van der Waals surface area contributed by atoms with Gasteiger partial charge in [0.2, 0.25) is 0 Å². The van der Waals surface area contributed by atoms with E-state index in [2.05, 4.69) is 0 Å². The van der Waals surface area contributed by atoms with Crippen molar-refractivity contribution in [2.24, 2.45) is 0 Å². The van der Waals surface area contributed by atoms with Crippen molar-refractivity contribution in [3.8, 4) is 17.2 Å². The van der Waals surface area contributed by atoms with E-state index in [9.17, 15) is 0 Å². The third-order valence-corrected chi connectivity index (χ3v) is 3.24. The Balaban J connectivity index is 0.000000339. The van der Waals surface area contributed by atoms with E-state index < -0.39 is 0 Å². The maximum atomic E-state index is 8.70. The average Bonchev–Trinajstić information content (AvgIpc) is 2.57. The molecule has 0 spiro atoms. The van der Waals surface area contributed by atoms with Gasteiger partial charge in [0, 0.05) is 55.9 Å². The fourth-order valence-corrected chi connectivity index (χ4v) is 1.70. The molecule has 0 aliphatic heterocycles. The Morgan fingerprint density at radius 3 is 0.680 bits per heavy atom. The first kappa shape index (κ1) is 24.3. The Morgan fingerprint density at radius 1 is 0.400 bits per heavy atom. The summed E-state index contributed by atoms with van der Waals surface area (Å²) in [6.45, 7) is 0. The third kappa shape index (κ3) is 12.3. The van der Waals surface area contributed by atoms with Gasteiger partial charge in [0.1, 0.15) is 17.2 Å². The zero-order valence-electron chi connectivity index (χ0n) is 12.9. The summed E-state index contributed by atoms with van der Waals surface area (Å²) < 4.78 is 0. The van der Waals surface area contributed by atoms with E-state index in [0.29, 0.717) is 15.1 Å². The molecule has 0 bridgehead atoms. The summed E-state index contributed by atoms with van der Waals surface area (Å²) in [6, 6.07) is 19.1. The first-order valence-electron chi connectivity index (χ1n) is 6.70. The minimum absolute atomic E-state index is 0. The van der Waals surface area contributed by atoms with E-state index >= 15 is 0 Å². The SMILES string of the molecule is Oc1ccc(Cl)cc1.Oc1ccc(Cl)cc1.Oc1ccc(Cl)cc1.[Nd]. The van der Waals surface area contributed by atoms with Crippen molar-refractivity contribution < 1.29 is 56.2 Å². The Bertz CT molecular complexity index is 552. The summed E-state index contributed by atoms with van der Waals surface area (Å²) in [5.74, 6) is 0.734. The largest absolute Gasteiger partial charge is 0.508 e. The van der Waals surface area contributed by atoms with Crippen molar-refractivity contribution in [2.75, 3.05) is 0 Å². The minimum atomic E-state index is 0. The molecule has 130 valence electrons. The molecule has 0 fully saturated rings. The van der Waals surface area contributed by atoms with E-state index in [1.165, 1.54) is 0 Å². The van der Waals surface area contributed by atoms with Gasteiger partial charge < -0.3 is 15.3 Å². The van der Waals surface area contributed by atoms with Crippen molar-refractivity contribution in [1.29, 1.82) is 0 Å². The summed E-state index contributed by atoms with van der Waals surface area (Å²) in [5.41, 5.74) is 0. The summed E-state index contributed by atoms with van der Waals surface area (Å²) in [6.07, 6.45) is 0. The molecule has 0 saturated carbocycles. The van der Waals surface area contributed by atoms with E-state index in [1.807, 2.05) is 0 Å². The van der Waals surface area contributed by atoms with Gasteiger partial charge in [-0.3, -0.25) is 0 Å². The van der Waals surface area contributed by atoms with Crippen LogP contribution < -0.4 is 0 Å². The second-order valence-corrected chi connectivity index (χ2v) is 5.74. The van der Waals surface area contributed by atoms with Gasteiger partial charge in [-0.15, -0.1) is 0 Å². The fourth-order valence-electron chi connectivity index (χ4n) is 1.32. The number of phenols is 3. The van der Waals surface area contributed by atoms with E-state index in [0.717, 1.165) is 0 Å². The molecular weight excluding hydrogens is 515 g/mol. The second kappa shape index (κ2) is 13.5. The molecule has 3 N–H and O–H groups in total. The van der Waals surface area contributed by atoms with Crippen LogP contribution in [0.15, 0.2) is 72.8 Å². The molecule has 7 heteroatoms. The van der Waals surface area contributed by atoms with Crippen LogP contribution >= 0.6 is 34.8 Å². The molecule has 0 aliphatic rings. The molecule has 3 aromatic rings. The van der Waals surface area contributed by atoms with Crippen LogP contribution in [-0.4, -0.2) is 15.3 Å². The van der Waals surface area contributed by atoms with Crippen LogP contribution in [0.5, 0.6) is 17.2 Å². The van der Waals surface area contributed by atoms with Crippen LogP contribution in [0.2, 0.25) is 15.1 Å². The third-order valence-electron chi connectivity index (χ3n) is 2.48. The molecule has 25 heavy (non-hydrogen) atoms. The summed E-state index contributed by atoms with van der Waals surface area (Å²) in [7, 11) is 0. The van der Waals surface area contributed by atoms with Crippen LogP contribution in [0, 0.1) is 40.8 Å². The number of aromatic hydroxyl groups is 3. The summed E-state index contributed by atoms with van der Waals surface area (Å²) in [5, 5.41) is 28.0. The van der Waals surface area contributed by atoms with E-state index in [1.54, 1.807) is 72.8 Å². The van der Waals surface area contributed by atoms with Crippen LogP contribution in [0.4, 0.5) is 0 Å². The number of rotatable bonds is 0. The minimum Gasteiger partial charge on any atom is -0.508 e. The van der Waals surface area contributed by atoms with Crippen molar-refractivity contribution in [1.82, 2.24) is 0 Å². The molecule has 3 nitrogen and oxygen atoms in total. The van der Waals surface area contributed by atoms with Crippen LogP contribution in [0.3, 0.4) is 0 Å². The van der Waals surface area contributed by atoms with Gasteiger partial charge in [0.05, 0.1) is 0 Å². The Morgan fingerprint density at radius 2 is 0.560 bits per heavy atom. The first-order chi connectivity index (χ1) is 11.4. The molecule has 0 aliphatic carbocycles. The number of halogens is 3. The van der Waals surface area contributed by atoms with Crippen LogP contribution in [-0.2, 0) is 0 Å². The maximum absolute atomic E-state index is 8.70. The Hall–Kier alpha value is -0.719. The summed E-state index contributed by atoms with van der Waals surface area (Å²) in [4.78, 5) is 0. The topological polar surface area (TPSA) is 60.7 Å². The van der Waals surface area contributed by atoms with Gasteiger partial charge >= 0.3 is 0 Å². The normalized spacial score (nSPS) is 8.76. The van der Waals surface area contributed by atoms with Gasteiger partial charge in [-0.05, 0) is 72.8 Å². The predicted molar refractivity (Wildman–Crippen MR) is 99.4 cm³/mol. The van der Waals surface area contributed by atoms with E-state index in [4.69, 9.17) is 50.1 Å². The van der Waals surface area contributed by atoms with Crippen molar-refractivity contribution in [3.63, 3.8) is 0 Å². The number of phenolic OH excluding ortho intramolecular Hbond substituents is 3. The molecule has 3 rings (SSSR count). The quantitative estimate of drug-likeness (QED) is 0.328. The van der Waals surface area contributed by atoms with Crippen molar-refractivity contribution in [3.05, 3.63) is 87.9 Å². The number of hydrogen-bond acceptors (Lipinski definition) is 3.